The highest BCUT2D eigenvalue weighted by atomic mass is 32.2. The van der Waals surface area contributed by atoms with E-state index in [4.69, 9.17) is 5.73 Å². The summed E-state index contributed by atoms with van der Waals surface area (Å²) in [5.41, 5.74) is 6.59. The van der Waals surface area contributed by atoms with E-state index >= 15 is 0 Å². The van der Waals surface area contributed by atoms with Crippen LogP contribution in [0, 0.1) is 0 Å². The first-order valence-corrected chi connectivity index (χ1v) is 9.09. The molecule has 1 aromatic carbocycles. The van der Waals surface area contributed by atoms with Crippen LogP contribution in [0.3, 0.4) is 0 Å². The lowest BCUT2D eigenvalue weighted by molar-refractivity contribution is -0.140. The second kappa shape index (κ2) is 7.07. The summed E-state index contributed by atoms with van der Waals surface area (Å²) in [5.74, 6) is -0.631. The minimum atomic E-state index is -0.631. The summed E-state index contributed by atoms with van der Waals surface area (Å²) in [5, 5.41) is 5.06. The molecule has 2 N–H and O–H groups in total. The van der Waals surface area contributed by atoms with Crippen LogP contribution in [0.15, 0.2) is 39.1 Å². The van der Waals surface area contributed by atoms with Crippen molar-refractivity contribution in [2.45, 2.75) is 11.3 Å². The molecule has 0 unspecified atom stereocenters. The summed E-state index contributed by atoms with van der Waals surface area (Å²) in [4.78, 5) is 36.5. The maximum atomic E-state index is 12.5. The van der Waals surface area contributed by atoms with Crippen LogP contribution in [0.5, 0.6) is 0 Å². The first-order chi connectivity index (χ1) is 11.5. The SMILES string of the molecule is CC(=O)O/N=C(\C(=O)Sc1nc2ccccc2s1)c1csc(N)n1. The van der Waals surface area contributed by atoms with Crippen LogP contribution in [0.25, 0.3) is 10.2 Å². The van der Waals surface area contributed by atoms with E-state index in [0.29, 0.717) is 9.47 Å². The molecule has 0 saturated carbocycles. The summed E-state index contributed by atoms with van der Waals surface area (Å²) < 4.78 is 1.55. The number of anilines is 1. The highest BCUT2D eigenvalue weighted by Crippen LogP contribution is 2.30. The first-order valence-electron chi connectivity index (χ1n) is 6.57. The fraction of sp³-hybridized carbons (Fsp3) is 0.0714. The number of oxime groups is 1. The molecule has 0 aliphatic carbocycles. The van der Waals surface area contributed by atoms with Crippen molar-refractivity contribution >= 4 is 66.6 Å². The number of para-hydroxylation sites is 1. The van der Waals surface area contributed by atoms with Crippen molar-refractivity contribution in [2.75, 3.05) is 5.73 Å². The van der Waals surface area contributed by atoms with Crippen LogP contribution < -0.4 is 5.73 Å². The van der Waals surface area contributed by atoms with E-state index in [1.54, 1.807) is 5.38 Å². The van der Waals surface area contributed by atoms with Crippen molar-refractivity contribution in [1.29, 1.82) is 0 Å². The Hall–Kier alpha value is -2.30. The zero-order valence-electron chi connectivity index (χ0n) is 12.3. The van der Waals surface area contributed by atoms with Crippen molar-refractivity contribution in [3.8, 4) is 0 Å². The monoisotopic (exact) mass is 378 g/mol. The van der Waals surface area contributed by atoms with E-state index in [9.17, 15) is 9.59 Å². The second-order valence-corrected chi connectivity index (χ2v) is 7.57. The molecule has 0 aliphatic rings. The van der Waals surface area contributed by atoms with Gasteiger partial charge in [-0.25, -0.2) is 14.8 Å². The standard InChI is InChI=1S/C14H10N4O3S3/c1-7(19)21-18-11(9-6-22-13(15)16-9)12(20)24-14-17-8-4-2-3-5-10(8)23-14/h2-6H,1H3,(H2,15,16)/b18-11-. The molecule has 0 aliphatic heterocycles. The maximum absolute atomic E-state index is 12.5. The Morgan fingerprint density at radius 1 is 1.29 bits per heavy atom. The Balaban J connectivity index is 1.87. The molecule has 2 aromatic heterocycles. The van der Waals surface area contributed by atoms with Gasteiger partial charge in [-0.1, -0.05) is 17.3 Å². The van der Waals surface area contributed by atoms with Crippen LogP contribution in [-0.2, 0) is 14.4 Å². The third-order valence-electron chi connectivity index (χ3n) is 2.68. The molecule has 0 amide bonds. The minimum absolute atomic E-state index is 0.0811. The summed E-state index contributed by atoms with van der Waals surface area (Å²) >= 11 is 3.46. The third kappa shape index (κ3) is 3.78. The van der Waals surface area contributed by atoms with Crippen LogP contribution in [-0.4, -0.2) is 26.8 Å². The lowest BCUT2D eigenvalue weighted by Gasteiger charge is -2.00. The molecule has 0 bridgehead atoms. The number of nitrogens with zero attached hydrogens (tertiary/aromatic N) is 3. The van der Waals surface area contributed by atoms with Gasteiger partial charge in [-0.2, -0.15) is 0 Å². The van der Waals surface area contributed by atoms with E-state index < -0.39 is 11.1 Å². The number of carbonyl (C=O) groups excluding carboxylic acids is 2. The van der Waals surface area contributed by atoms with Crippen molar-refractivity contribution in [1.82, 2.24) is 9.97 Å². The molecule has 0 spiro atoms. The van der Waals surface area contributed by atoms with Gasteiger partial charge in [0.15, 0.2) is 15.2 Å². The molecular formula is C14H10N4O3S3. The fourth-order valence-electron chi connectivity index (χ4n) is 1.72. The normalized spacial score (nSPS) is 11.6. The van der Waals surface area contributed by atoms with Gasteiger partial charge in [0.05, 0.1) is 10.2 Å². The lowest BCUT2D eigenvalue weighted by atomic mass is 10.3. The van der Waals surface area contributed by atoms with E-state index in [1.165, 1.54) is 29.6 Å². The molecule has 7 nitrogen and oxygen atoms in total. The second-order valence-electron chi connectivity index (χ2n) is 4.43. The number of nitrogen functional groups attached to an aromatic ring is 1. The number of carbonyl (C=O) groups is 2. The molecule has 0 fully saturated rings. The van der Waals surface area contributed by atoms with E-state index in [0.717, 1.165) is 22.0 Å². The van der Waals surface area contributed by atoms with Crippen LogP contribution in [0.2, 0.25) is 0 Å². The average Bonchev–Trinajstić information content (AvgIpc) is 3.12. The summed E-state index contributed by atoms with van der Waals surface area (Å²) in [6, 6.07) is 7.58. The number of hydrogen-bond donors (Lipinski definition) is 1. The quantitative estimate of drug-likeness (QED) is 0.322. The maximum Gasteiger partial charge on any atom is 0.332 e. The van der Waals surface area contributed by atoms with Gasteiger partial charge >= 0.3 is 5.97 Å². The number of hydrogen-bond acceptors (Lipinski definition) is 10. The predicted molar refractivity (Wildman–Crippen MR) is 95.3 cm³/mol. The van der Waals surface area contributed by atoms with Gasteiger partial charge in [0.2, 0.25) is 5.12 Å². The number of aromatic nitrogens is 2. The molecule has 24 heavy (non-hydrogen) atoms. The zero-order valence-corrected chi connectivity index (χ0v) is 14.7. The van der Waals surface area contributed by atoms with Crippen LogP contribution >= 0.6 is 34.4 Å². The Morgan fingerprint density at radius 2 is 2.08 bits per heavy atom. The Labute approximate surface area is 148 Å². The van der Waals surface area contributed by atoms with Gasteiger partial charge in [0.1, 0.15) is 5.69 Å². The Kier molecular flexibility index (Phi) is 4.88. The van der Waals surface area contributed by atoms with Gasteiger partial charge in [0.25, 0.3) is 0 Å². The minimum Gasteiger partial charge on any atom is -0.375 e. The topological polar surface area (TPSA) is 108 Å². The summed E-state index contributed by atoms with van der Waals surface area (Å²) in [7, 11) is 0. The number of benzene rings is 1. The van der Waals surface area contributed by atoms with Gasteiger partial charge in [0, 0.05) is 12.3 Å². The highest BCUT2D eigenvalue weighted by molar-refractivity contribution is 8.16. The summed E-state index contributed by atoms with van der Waals surface area (Å²) in [6.45, 7) is 1.20. The molecule has 0 saturated heterocycles. The van der Waals surface area contributed by atoms with Crippen molar-refractivity contribution in [3.63, 3.8) is 0 Å². The molecule has 0 atom stereocenters. The van der Waals surface area contributed by atoms with Crippen molar-refractivity contribution < 1.29 is 14.4 Å². The molecule has 0 radical (unpaired) electrons. The Bertz CT molecular complexity index is 915. The lowest BCUT2D eigenvalue weighted by Crippen LogP contribution is -2.14. The van der Waals surface area contributed by atoms with Crippen molar-refractivity contribution in [2.24, 2.45) is 5.16 Å². The predicted octanol–water partition coefficient (Wildman–Crippen LogP) is 2.92. The van der Waals surface area contributed by atoms with Gasteiger partial charge < -0.3 is 10.6 Å². The van der Waals surface area contributed by atoms with Crippen LogP contribution in [0.4, 0.5) is 5.13 Å². The number of nitrogens with two attached hydrogens (primary N) is 1. The number of rotatable bonds is 4. The van der Waals surface area contributed by atoms with Crippen molar-refractivity contribution in [3.05, 3.63) is 35.3 Å². The fourth-order valence-corrected chi connectivity index (χ4v) is 4.17. The Morgan fingerprint density at radius 3 is 2.75 bits per heavy atom. The third-order valence-corrected chi connectivity index (χ3v) is 5.33. The zero-order chi connectivity index (χ0) is 17.1. The van der Waals surface area contributed by atoms with E-state index in [-0.39, 0.29) is 11.4 Å². The molecule has 3 rings (SSSR count). The smallest absolute Gasteiger partial charge is 0.332 e. The highest BCUT2D eigenvalue weighted by Gasteiger charge is 2.21. The van der Waals surface area contributed by atoms with Gasteiger partial charge in [-0.3, -0.25) is 4.79 Å². The average molecular weight is 378 g/mol. The number of thiazole rings is 2. The van der Waals surface area contributed by atoms with E-state index in [2.05, 4.69) is 20.0 Å². The largest absolute Gasteiger partial charge is 0.375 e. The molecule has 10 heteroatoms. The number of fused-ring (bicyclic) bond motifs is 1. The van der Waals surface area contributed by atoms with Gasteiger partial charge in [-0.05, 0) is 23.9 Å². The first kappa shape index (κ1) is 16.6. The van der Waals surface area contributed by atoms with Gasteiger partial charge in [-0.15, -0.1) is 22.7 Å². The molecule has 122 valence electrons. The molecule has 2 heterocycles. The molecule has 3 aromatic rings. The number of thioether (sulfide) groups is 1. The van der Waals surface area contributed by atoms with Crippen LogP contribution in [0.1, 0.15) is 12.6 Å². The summed E-state index contributed by atoms with van der Waals surface area (Å²) in [6.07, 6.45) is 0. The van der Waals surface area contributed by atoms with E-state index in [1.807, 2.05) is 24.3 Å². The molecular weight excluding hydrogens is 368 g/mol.